The second kappa shape index (κ2) is 3.13. The molecule has 0 aromatic heterocycles. The molecule has 0 radical (unpaired) electrons. The molecule has 0 unspecified atom stereocenters. The summed E-state index contributed by atoms with van der Waals surface area (Å²) in [5.74, 6) is 0. The van der Waals surface area contributed by atoms with E-state index in [9.17, 15) is 4.39 Å². The van der Waals surface area contributed by atoms with Gasteiger partial charge in [0.2, 0.25) is 0 Å². The van der Waals surface area contributed by atoms with E-state index in [-0.39, 0.29) is 12.9 Å². The summed E-state index contributed by atoms with van der Waals surface area (Å²) in [7, 11) is 0. The third kappa shape index (κ3) is 1.91. The van der Waals surface area contributed by atoms with Gasteiger partial charge in [0.1, 0.15) is 6.80 Å². The van der Waals surface area contributed by atoms with Crippen molar-refractivity contribution < 1.29 is 9.50 Å². The molecule has 1 N–H and O–H groups in total. The maximum Gasteiger partial charge on any atom is 0.143 e. The minimum atomic E-state index is -0.368. The first-order valence-electron chi connectivity index (χ1n) is 3.29. The quantitative estimate of drug-likeness (QED) is 0.522. The highest BCUT2D eigenvalue weighted by Crippen LogP contribution is 2.08. The van der Waals surface area contributed by atoms with Gasteiger partial charge < -0.3 is 5.11 Å². The number of halogens is 1. The topological polar surface area (TPSA) is 23.5 Å². The Labute approximate surface area is 54.3 Å². The molecule has 1 saturated heterocycles. The molecule has 1 heterocycles. The number of hydrogen-bond donors (Lipinski definition) is 1. The lowest BCUT2D eigenvalue weighted by Gasteiger charge is -2.26. The van der Waals surface area contributed by atoms with Gasteiger partial charge in [-0.2, -0.15) is 0 Å². The van der Waals surface area contributed by atoms with Crippen molar-refractivity contribution in [3.8, 4) is 0 Å². The van der Waals surface area contributed by atoms with E-state index >= 15 is 0 Å². The summed E-state index contributed by atoms with van der Waals surface area (Å²) in [6.07, 6.45) is 1.26. The summed E-state index contributed by atoms with van der Waals surface area (Å²) in [6, 6.07) is 0. The predicted octanol–water partition coefficient (Wildman–Crippen LogP) is 0.370. The third-order valence-electron chi connectivity index (χ3n) is 1.73. The minimum Gasteiger partial charge on any atom is -0.393 e. The van der Waals surface area contributed by atoms with Crippen LogP contribution in [0.25, 0.3) is 0 Å². The highest BCUT2D eigenvalue weighted by atomic mass is 19.1. The van der Waals surface area contributed by atoms with Crippen molar-refractivity contribution in [2.24, 2.45) is 0 Å². The maximum absolute atomic E-state index is 11.9. The van der Waals surface area contributed by atoms with E-state index < -0.39 is 0 Å². The molecule has 1 fully saturated rings. The van der Waals surface area contributed by atoms with Crippen LogP contribution in [0.5, 0.6) is 0 Å². The van der Waals surface area contributed by atoms with Crippen molar-refractivity contribution in [2.45, 2.75) is 18.9 Å². The van der Waals surface area contributed by atoms with Gasteiger partial charge in [-0.15, -0.1) is 0 Å². The normalized spacial score (nSPS) is 24.7. The van der Waals surface area contributed by atoms with Crippen molar-refractivity contribution in [3.05, 3.63) is 0 Å². The van der Waals surface area contributed by atoms with Crippen LogP contribution in [0.2, 0.25) is 0 Å². The van der Waals surface area contributed by atoms with E-state index in [0.29, 0.717) is 13.1 Å². The van der Waals surface area contributed by atoms with Crippen molar-refractivity contribution in [3.63, 3.8) is 0 Å². The Balaban J connectivity index is 2.18. The molecule has 0 spiro atoms. The molecule has 0 atom stereocenters. The third-order valence-corrected chi connectivity index (χ3v) is 1.73. The van der Waals surface area contributed by atoms with Gasteiger partial charge in [0.15, 0.2) is 0 Å². The second-order valence-electron chi connectivity index (χ2n) is 2.47. The fourth-order valence-electron chi connectivity index (χ4n) is 1.04. The van der Waals surface area contributed by atoms with E-state index in [2.05, 4.69) is 0 Å². The highest BCUT2D eigenvalue weighted by Gasteiger charge is 2.15. The number of aliphatic hydroxyl groups is 1. The Morgan fingerprint density at radius 3 is 2.44 bits per heavy atom. The Bertz CT molecular complexity index is 81.1. The molecule has 0 aromatic rings. The molecule has 54 valence electrons. The molecule has 0 amide bonds. The van der Waals surface area contributed by atoms with Crippen LogP contribution in [0.15, 0.2) is 0 Å². The largest absolute Gasteiger partial charge is 0.393 e. The average Bonchev–Trinajstić information content (AvgIpc) is 1.90. The summed E-state index contributed by atoms with van der Waals surface area (Å²) < 4.78 is 11.9. The van der Waals surface area contributed by atoms with Crippen molar-refractivity contribution in [1.29, 1.82) is 0 Å². The maximum atomic E-state index is 11.9. The van der Waals surface area contributed by atoms with Crippen molar-refractivity contribution in [1.82, 2.24) is 4.90 Å². The molecule has 0 aromatic carbocycles. The monoisotopic (exact) mass is 133 g/mol. The van der Waals surface area contributed by atoms with Crippen molar-refractivity contribution >= 4 is 0 Å². The molecule has 0 aliphatic carbocycles. The number of aliphatic hydroxyl groups excluding tert-OH is 1. The summed E-state index contributed by atoms with van der Waals surface area (Å²) in [6.45, 7) is 1.04. The van der Waals surface area contributed by atoms with Gasteiger partial charge in [-0.1, -0.05) is 0 Å². The molecule has 2 nitrogen and oxygen atoms in total. The SMILES string of the molecule is OC1CCN(CF)CC1. The number of nitrogens with zero attached hydrogens (tertiary/aromatic N) is 1. The molecular formula is C6H12FNO. The fourth-order valence-corrected chi connectivity index (χ4v) is 1.04. The van der Waals surface area contributed by atoms with Gasteiger partial charge in [0, 0.05) is 13.1 Å². The fraction of sp³-hybridized carbons (Fsp3) is 1.00. The Kier molecular flexibility index (Phi) is 2.42. The van der Waals surface area contributed by atoms with E-state index in [1.54, 1.807) is 4.90 Å². The zero-order valence-electron chi connectivity index (χ0n) is 5.39. The summed E-state index contributed by atoms with van der Waals surface area (Å²) in [4.78, 5) is 1.70. The van der Waals surface area contributed by atoms with Gasteiger partial charge >= 0.3 is 0 Å². The van der Waals surface area contributed by atoms with E-state index in [1.807, 2.05) is 0 Å². The van der Waals surface area contributed by atoms with Gasteiger partial charge in [0.05, 0.1) is 6.10 Å². The lowest BCUT2D eigenvalue weighted by atomic mass is 10.1. The van der Waals surface area contributed by atoms with Crippen LogP contribution in [-0.4, -0.2) is 36.0 Å². The van der Waals surface area contributed by atoms with E-state index in [0.717, 1.165) is 12.8 Å². The first-order chi connectivity index (χ1) is 4.33. The number of alkyl halides is 1. The van der Waals surface area contributed by atoms with E-state index in [1.165, 1.54) is 0 Å². The molecular weight excluding hydrogens is 121 g/mol. The zero-order chi connectivity index (χ0) is 6.69. The molecule has 0 saturated carbocycles. The van der Waals surface area contributed by atoms with Crippen LogP contribution in [0, 0.1) is 0 Å². The average molecular weight is 133 g/mol. The summed E-state index contributed by atoms with van der Waals surface area (Å²) >= 11 is 0. The zero-order valence-corrected chi connectivity index (χ0v) is 5.39. The molecule has 1 aliphatic heterocycles. The molecule has 1 rings (SSSR count). The Morgan fingerprint density at radius 1 is 1.44 bits per heavy atom. The first kappa shape index (κ1) is 6.96. The summed E-state index contributed by atoms with van der Waals surface area (Å²) in [5.41, 5.74) is 0. The van der Waals surface area contributed by atoms with Crippen LogP contribution >= 0.6 is 0 Å². The number of piperidine rings is 1. The summed E-state index contributed by atoms with van der Waals surface area (Å²) in [5, 5.41) is 8.97. The second-order valence-corrected chi connectivity index (χ2v) is 2.47. The van der Waals surface area contributed by atoms with Gasteiger partial charge in [-0.3, -0.25) is 4.90 Å². The first-order valence-corrected chi connectivity index (χ1v) is 3.29. The number of likely N-dealkylation sites (tertiary alicyclic amines) is 1. The number of rotatable bonds is 1. The molecule has 9 heavy (non-hydrogen) atoms. The predicted molar refractivity (Wildman–Crippen MR) is 32.8 cm³/mol. The van der Waals surface area contributed by atoms with Crippen LogP contribution in [-0.2, 0) is 0 Å². The molecule has 3 heteroatoms. The highest BCUT2D eigenvalue weighted by molar-refractivity contribution is 4.68. The van der Waals surface area contributed by atoms with Crippen LogP contribution in [0.4, 0.5) is 4.39 Å². The van der Waals surface area contributed by atoms with Gasteiger partial charge in [0.25, 0.3) is 0 Å². The Hall–Kier alpha value is -0.150. The molecule has 0 bridgehead atoms. The van der Waals surface area contributed by atoms with Crippen LogP contribution in [0.1, 0.15) is 12.8 Å². The standard InChI is InChI=1S/C6H12FNO/c7-5-8-3-1-6(9)2-4-8/h6,9H,1-5H2. The minimum absolute atomic E-state index is 0.187. The van der Waals surface area contributed by atoms with Crippen LogP contribution < -0.4 is 0 Å². The Morgan fingerprint density at radius 2 is 2.00 bits per heavy atom. The van der Waals surface area contributed by atoms with Crippen molar-refractivity contribution in [2.75, 3.05) is 19.9 Å². The lowest BCUT2D eigenvalue weighted by Crippen LogP contribution is -2.35. The van der Waals surface area contributed by atoms with E-state index in [4.69, 9.17) is 5.11 Å². The molecule has 1 aliphatic rings. The number of hydrogen-bond acceptors (Lipinski definition) is 2. The lowest BCUT2D eigenvalue weighted by molar-refractivity contribution is 0.0619. The van der Waals surface area contributed by atoms with Gasteiger partial charge in [-0.25, -0.2) is 4.39 Å². The van der Waals surface area contributed by atoms with Gasteiger partial charge in [-0.05, 0) is 12.8 Å². The van der Waals surface area contributed by atoms with Crippen LogP contribution in [0.3, 0.4) is 0 Å². The smallest absolute Gasteiger partial charge is 0.143 e.